The molecule has 0 aliphatic carbocycles. The monoisotopic (exact) mass is 592 g/mol. The summed E-state index contributed by atoms with van der Waals surface area (Å²) in [5.74, 6) is -0.221. The maximum Gasteiger partial charge on any atom is 0.389 e. The fourth-order valence-corrected chi connectivity index (χ4v) is 9.28. The SMILES string of the molecule is CCOP(=O)(OCC)SCC(=O)NCCCCCCCCCCNC(=O)CSP(=O)(OCC)OCC. The standard InChI is InChI=1S/C22H46N2O8P2S2/c1-5-29-33(27,30-6-2)35-19-21(25)23-17-15-13-11-9-10-12-14-16-18-24-22(26)20-36-34(28,31-7-3)32-8-4/h5-20H2,1-4H3,(H,23,25)(H,24,26). The second-order valence-electron chi connectivity index (χ2n) is 7.64. The topological polar surface area (TPSA) is 129 Å². The summed E-state index contributed by atoms with van der Waals surface area (Å²) in [4.78, 5) is 23.8. The lowest BCUT2D eigenvalue weighted by Crippen LogP contribution is -2.26. The summed E-state index contributed by atoms with van der Waals surface area (Å²) >= 11 is 1.85. The minimum absolute atomic E-state index is 0.0535. The molecule has 0 bridgehead atoms. The molecule has 2 amide bonds. The van der Waals surface area contributed by atoms with Crippen LogP contribution in [0, 0.1) is 0 Å². The zero-order valence-corrected chi connectivity index (χ0v) is 25.7. The van der Waals surface area contributed by atoms with Crippen molar-refractivity contribution < 1.29 is 36.8 Å². The van der Waals surface area contributed by atoms with Crippen molar-refractivity contribution in [2.45, 2.75) is 79.1 Å². The van der Waals surface area contributed by atoms with Gasteiger partial charge in [-0.1, -0.05) is 38.5 Å². The van der Waals surface area contributed by atoms with Crippen LogP contribution in [-0.2, 0) is 36.8 Å². The molecule has 0 aliphatic rings. The minimum Gasteiger partial charge on any atom is -0.355 e. The molecule has 2 N–H and O–H groups in total. The van der Waals surface area contributed by atoms with Crippen LogP contribution in [0.25, 0.3) is 0 Å². The van der Waals surface area contributed by atoms with E-state index in [2.05, 4.69) is 10.6 Å². The number of carbonyl (C=O) groups is 2. The summed E-state index contributed by atoms with van der Waals surface area (Å²) in [6, 6.07) is 0. The Morgan fingerprint density at radius 2 is 0.833 bits per heavy atom. The Kier molecular flexibility index (Phi) is 22.8. The van der Waals surface area contributed by atoms with Gasteiger partial charge in [0.05, 0.1) is 37.9 Å². The number of hydrogen-bond donors (Lipinski definition) is 2. The molecule has 14 heteroatoms. The Bertz CT molecular complexity index is 612. The van der Waals surface area contributed by atoms with Crippen LogP contribution in [-0.4, -0.2) is 62.8 Å². The van der Waals surface area contributed by atoms with Crippen LogP contribution in [0.15, 0.2) is 0 Å². The minimum atomic E-state index is -3.25. The van der Waals surface area contributed by atoms with Gasteiger partial charge in [-0.05, 0) is 63.3 Å². The molecule has 10 nitrogen and oxygen atoms in total. The van der Waals surface area contributed by atoms with Gasteiger partial charge in [-0.25, -0.2) is 9.13 Å². The predicted octanol–water partition coefficient (Wildman–Crippen LogP) is 6.17. The van der Waals surface area contributed by atoms with Crippen molar-refractivity contribution in [2.75, 3.05) is 51.0 Å². The van der Waals surface area contributed by atoms with Gasteiger partial charge in [-0.15, -0.1) is 0 Å². The van der Waals surface area contributed by atoms with E-state index in [0.29, 0.717) is 13.1 Å². The summed E-state index contributed by atoms with van der Waals surface area (Å²) in [6.45, 7) is 2.78. The highest BCUT2D eigenvalue weighted by molar-refractivity contribution is 8.55. The van der Waals surface area contributed by atoms with Crippen molar-refractivity contribution in [1.82, 2.24) is 10.6 Å². The molecule has 0 saturated heterocycles. The van der Waals surface area contributed by atoms with Gasteiger partial charge in [0, 0.05) is 13.1 Å². The van der Waals surface area contributed by atoms with E-state index in [4.69, 9.17) is 18.1 Å². The molecule has 0 unspecified atom stereocenters. The molecule has 0 heterocycles. The summed E-state index contributed by atoms with van der Waals surface area (Å²) < 4.78 is 45.2. The molecule has 214 valence electrons. The van der Waals surface area contributed by atoms with E-state index in [0.717, 1.165) is 74.1 Å². The Morgan fingerprint density at radius 1 is 0.556 bits per heavy atom. The third-order valence-electron chi connectivity index (χ3n) is 4.60. The van der Waals surface area contributed by atoms with Crippen molar-refractivity contribution >= 4 is 48.2 Å². The van der Waals surface area contributed by atoms with Gasteiger partial charge in [0.25, 0.3) is 0 Å². The van der Waals surface area contributed by atoms with Gasteiger partial charge < -0.3 is 28.7 Å². The summed E-state index contributed by atoms with van der Waals surface area (Å²) in [6.07, 6.45) is 8.43. The number of amides is 2. The second kappa shape index (κ2) is 22.9. The van der Waals surface area contributed by atoms with Gasteiger partial charge in [0.1, 0.15) is 0 Å². The van der Waals surface area contributed by atoms with E-state index < -0.39 is 13.6 Å². The Balaban J connectivity index is 3.63. The van der Waals surface area contributed by atoms with Crippen LogP contribution in [0.2, 0.25) is 0 Å². The number of nitrogens with one attached hydrogen (secondary N) is 2. The quantitative estimate of drug-likeness (QED) is 0.0938. The highest BCUT2D eigenvalue weighted by atomic mass is 32.7. The normalized spacial score (nSPS) is 12.0. The maximum absolute atomic E-state index is 12.3. The first-order chi connectivity index (χ1) is 17.2. The molecule has 0 radical (unpaired) electrons. The van der Waals surface area contributed by atoms with Crippen molar-refractivity contribution in [1.29, 1.82) is 0 Å². The average Bonchev–Trinajstić information content (AvgIpc) is 2.83. The van der Waals surface area contributed by atoms with Crippen LogP contribution >= 0.6 is 36.4 Å². The van der Waals surface area contributed by atoms with Crippen LogP contribution in [0.1, 0.15) is 79.1 Å². The van der Waals surface area contributed by atoms with Gasteiger partial charge in [-0.3, -0.25) is 9.59 Å². The first-order valence-corrected chi connectivity index (χ1v) is 19.1. The first kappa shape index (κ1) is 35.9. The Hall–Kier alpha value is -0.0600. The lowest BCUT2D eigenvalue weighted by Gasteiger charge is -2.15. The number of unbranched alkanes of at least 4 members (excludes halogenated alkanes) is 7. The number of hydrogen-bond acceptors (Lipinski definition) is 10. The van der Waals surface area contributed by atoms with Gasteiger partial charge in [0.2, 0.25) is 11.8 Å². The number of carbonyl (C=O) groups excluding carboxylic acids is 2. The molecule has 0 atom stereocenters. The van der Waals surface area contributed by atoms with Gasteiger partial charge in [0.15, 0.2) is 0 Å². The first-order valence-electron chi connectivity index (χ1n) is 12.8. The lowest BCUT2D eigenvalue weighted by atomic mass is 10.1. The summed E-state index contributed by atoms with van der Waals surface area (Å²) in [5, 5.41) is 5.69. The van der Waals surface area contributed by atoms with E-state index in [-0.39, 0.29) is 49.7 Å². The van der Waals surface area contributed by atoms with Gasteiger partial charge >= 0.3 is 13.6 Å². The largest absolute Gasteiger partial charge is 0.389 e. The average molecular weight is 593 g/mol. The second-order valence-corrected chi connectivity index (χ2v) is 15.8. The Morgan fingerprint density at radius 3 is 1.11 bits per heavy atom. The molecule has 0 aliphatic heterocycles. The molecule has 0 fully saturated rings. The zero-order chi connectivity index (χ0) is 27.1. The van der Waals surface area contributed by atoms with Crippen molar-refractivity contribution in [3.8, 4) is 0 Å². The Labute approximate surface area is 225 Å². The zero-order valence-electron chi connectivity index (χ0n) is 22.3. The molecule has 0 aromatic rings. The van der Waals surface area contributed by atoms with Crippen LogP contribution < -0.4 is 10.6 Å². The number of rotatable bonds is 25. The fraction of sp³-hybridized carbons (Fsp3) is 0.909. The van der Waals surface area contributed by atoms with Crippen molar-refractivity contribution in [3.63, 3.8) is 0 Å². The molecular weight excluding hydrogens is 546 g/mol. The third kappa shape index (κ3) is 20.0. The van der Waals surface area contributed by atoms with E-state index in [1.165, 1.54) is 0 Å². The van der Waals surface area contributed by atoms with E-state index in [9.17, 15) is 18.7 Å². The molecule has 0 aromatic carbocycles. The molecule has 0 aromatic heterocycles. The van der Waals surface area contributed by atoms with Crippen LogP contribution in [0.4, 0.5) is 0 Å². The highest BCUT2D eigenvalue weighted by Crippen LogP contribution is 2.60. The summed E-state index contributed by atoms with van der Waals surface area (Å²) in [5.41, 5.74) is 0. The van der Waals surface area contributed by atoms with E-state index in [1.807, 2.05) is 0 Å². The van der Waals surface area contributed by atoms with Gasteiger partial charge in [-0.2, -0.15) is 0 Å². The molecular formula is C22H46N2O8P2S2. The summed E-state index contributed by atoms with van der Waals surface area (Å²) in [7, 11) is 0. The molecule has 36 heavy (non-hydrogen) atoms. The predicted molar refractivity (Wildman–Crippen MR) is 150 cm³/mol. The highest BCUT2D eigenvalue weighted by Gasteiger charge is 2.26. The molecule has 0 saturated carbocycles. The lowest BCUT2D eigenvalue weighted by molar-refractivity contribution is -0.119. The molecule has 0 spiro atoms. The molecule has 0 rings (SSSR count). The van der Waals surface area contributed by atoms with E-state index in [1.54, 1.807) is 27.7 Å². The van der Waals surface area contributed by atoms with Crippen LogP contribution in [0.5, 0.6) is 0 Å². The van der Waals surface area contributed by atoms with E-state index >= 15 is 0 Å². The smallest absolute Gasteiger partial charge is 0.355 e. The fourth-order valence-electron chi connectivity index (χ4n) is 3.00. The van der Waals surface area contributed by atoms with Crippen molar-refractivity contribution in [3.05, 3.63) is 0 Å². The van der Waals surface area contributed by atoms with Crippen molar-refractivity contribution in [2.24, 2.45) is 0 Å². The van der Waals surface area contributed by atoms with Crippen LogP contribution in [0.3, 0.4) is 0 Å². The maximum atomic E-state index is 12.3. The third-order valence-corrected chi connectivity index (χ3v) is 12.3.